The maximum absolute atomic E-state index is 14.1. The fourth-order valence-corrected chi connectivity index (χ4v) is 2.60. The van der Waals surface area contributed by atoms with Crippen molar-refractivity contribution in [2.24, 2.45) is 0 Å². The molecule has 0 unspecified atom stereocenters. The monoisotopic (exact) mass is 312 g/mol. The predicted molar refractivity (Wildman–Crippen MR) is 77.3 cm³/mol. The van der Waals surface area contributed by atoms with E-state index < -0.39 is 18.3 Å². The Hall–Kier alpha value is -2.20. The number of benzene rings is 1. The Morgan fingerprint density at radius 2 is 2.33 bits per heavy atom. The molecule has 1 aliphatic heterocycles. The van der Waals surface area contributed by atoms with Crippen molar-refractivity contribution >= 4 is 29.1 Å². The lowest BCUT2D eigenvalue weighted by Crippen LogP contribution is -2.52. The van der Waals surface area contributed by atoms with Crippen LogP contribution in [0.15, 0.2) is 12.1 Å². The average Bonchev–Trinajstić information content (AvgIpc) is 2.43. The van der Waals surface area contributed by atoms with Crippen molar-refractivity contribution in [3.05, 3.63) is 22.7 Å². The van der Waals surface area contributed by atoms with Crippen LogP contribution in [-0.4, -0.2) is 36.5 Å². The second-order valence-corrected chi connectivity index (χ2v) is 5.20. The molecule has 0 aromatic heterocycles. The number of amides is 1. The molecule has 0 saturated carbocycles. The molecule has 1 saturated heterocycles. The van der Waals surface area contributed by atoms with Gasteiger partial charge >= 0.3 is 6.09 Å². The number of halogens is 2. The number of nitrogens with zero attached hydrogens (tertiary/aromatic N) is 2. The summed E-state index contributed by atoms with van der Waals surface area (Å²) in [5.41, 5.74) is 6.83. The van der Waals surface area contributed by atoms with Crippen molar-refractivity contribution < 1.29 is 14.3 Å². The molecule has 6 nitrogen and oxygen atoms in total. The topological polar surface area (TPSA) is 102 Å². The number of alkyl halides is 1. The minimum Gasteiger partial charge on any atom is -0.465 e. The number of nitrogen functional groups attached to an aromatic ring is 1. The first-order chi connectivity index (χ1) is 9.92. The number of hydrogen-bond donors (Lipinski definition) is 3. The van der Waals surface area contributed by atoms with Gasteiger partial charge in [-0.3, -0.25) is 0 Å². The predicted octanol–water partition coefficient (Wildman–Crippen LogP) is 1.98. The molecular formula is C13H14ClFN4O2. The highest BCUT2D eigenvalue weighted by Crippen LogP contribution is 2.34. The summed E-state index contributed by atoms with van der Waals surface area (Å²) in [6.45, 7) is 0.401. The Kier molecular flexibility index (Phi) is 4.38. The van der Waals surface area contributed by atoms with Crippen LogP contribution in [0.4, 0.5) is 20.6 Å². The number of rotatable bonds is 2. The van der Waals surface area contributed by atoms with Crippen molar-refractivity contribution in [2.45, 2.75) is 18.6 Å². The van der Waals surface area contributed by atoms with Gasteiger partial charge in [0.15, 0.2) is 0 Å². The zero-order chi connectivity index (χ0) is 15.6. The van der Waals surface area contributed by atoms with Crippen LogP contribution < -0.4 is 16.0 Å². The third kappa shape index (κ3) is 3.28. The van der Waals surface area contributed by atoms with Crippen LogP contribution in [-0.2, 0) is 0 Å². The van der Waals surface area contributed by atoms with Gasteiger partial charge in [0.25, 0.3) is 0 Å². The van der Waals surface area contributed by atoms with E-state index in [2.05, 4.69) is 5.32 Å². The summed E-state index contributed by atoms with van der Waals surface area (Å²) in [6, 6.07) is 4.24. The first-order valence-corrected chi connectivity index (χ1v) is 6.67. The van der Waals surface area contributed by atoms with E-state index in [4.69, 9.17) is 27.7 Å². The van der Waals surface area contributed by atoms with E-state index in [0.717, 1.165) is 0 Å². The molecule has 21 heavy (non-hydrogen) atoms. The lowest BCUT2D eigenvalue weighted by molar-refractivity contribution is 0.168. The number of carboxylic acid groups (broad SMARTS) is 1. The van der Waals surface area contributed by atoms with E-state index in [1.54, 1.807) is 11.0 Å². The van der Waals surface area contributed by atoms with Gasteiger partial charge in [-0.2, -0.15) is 5.26 Å². The Bertz CT molecular complexity index is 605. The average molecular weight is 313 g/mol. The third-order valence-corrected chi connectivity index (χ3v) is 3.81. The highest BCUT2D eigenvalue weighted by Gasteiger charge is 2.31. The molecular weight excluding hydrogens is 299 g/mol. The van der Waals surface area contributed by atoms with Gasteiger partial charge in [-0.1, -0.05) is 11.6 Å². The number of anilines is 2. The molecule has 1 heterocycles. The molecule has 1 amide bonds. The molecule has 1 fully saturated rings. The maximum atomic E-state index is 14.1. The van der Waals surface area contributed by atoms with Crippen molar-refractivity contribution in [3.63, 3.8) is 0 Å². The van der Waals surface area contributed by atoms with Crippen LogP contribution in [0.25, 0.3) is 0 Å². The summed E-state index contributed by atoms with van der Waals surface area (Å²) in [6.07, 6.45) is -2.30. The van der Waals surface area contributed by atoms with Crippen LogP contribution in [0.5, 0.6) is 0 Å². The standard InChI is InChI=1S/C13H14ClFN4O2/c14-12-9(17)3-7(5-16)4-11(12)19-2-1-10(8(15)6-19)18-13(20)21/h3-4,8,10,18H,1-2,6,17H2,(H,20,21)/t8-,10-/m0/s1. The molecule has 8 heteroatoms. The molecule has 2 rings (SSSR count). The van der Waals surface area contributed by atoms with E-state index >= 15 is 0 Å². The quantitative estimate of drug-likeness (QED) is 0.725. The first kappa shape index (κ1) is 15.2. The normalized spacial score (nSPS) is 21.7. The lowest BCUT2D eigenvalue weighted by Gasteiger charge is -2.36. The van der Waals surface area contributed by atoms with Gasteiger partial charge in [0.2, 0.25) is 0 Å². The summed E-state index contributed by atoms with van der Waals surface area (Å²) in [5.74, 6) is 0. The Labute approximate surface area is 125 Å². The van der Waals surface area contributed by atoms with Crippen LogP contribution in [0.3, 0.4) is 0 Å². The number of nitrogens with one attached hydrogen (secondary N) is 1. The highest BCUT2D eigenvalue weighted by atomic mass is 35.5. The lowest BCUT2D eigenvalue weighted by atomic mass is 10.0. The van der Waals surface area contributed by atoms with E-state index in [-0.39, 0.29) is 17.3 Å². The van der Waals surface area contributed by atoms with E-state index in [1.807, 2.05) is 6.07 Å². The smallest absolute Gasteiger partial charge is 0.404 e. The first-order valence-electron chi connectivity index (χ1n) is 6.30. The van der Waals surface area contributed by atoms with Crippen LogP contribution in [0.1, 0.15) is 12.0 Å². The molecule has 0 spiro atoms. The summed E-state index contributed by atoms with van der Waals surface area (Å²) in [7, 11) is 0. The third-order valence-electron chi connectivity index (χ3n) is 3.40. The fourth-order valence-electron chi connectivity index (χ4n) is 2.37. The molecule has 1 aromatic rings. The molecule has 4 N–H and O–H groups in total. The number of hydrogen-bond acceptors (Lipinski definition) is 4. The fraction of sp³-hybridized carbons (Fsp3) is 0.385. The van der Waals surface area contributed by atoms with Gasteiger partial charge in [-0.15, -0.1) is 0 Å². The molecule has 1 aromatic carbocycles. The van der Waals surface area contributed by atoms with Crippen LogP contribution in [0.2, 0.25) is 5.02 Å². The van der Waals surface area contributed by atoms with Crippen molar-refractivity contribution in [1.82, 2.24) is 5.32 Å². The van der Waals surface area contributed by atoms with Crippen molar-refractivity contribution in [3.8, 4) is 6.07 Å². The van der Waals surface area contributed by atoms with Crippen molar-refractivity contribution in [1.29, 1.82) is 5.26 Å². The second-order valence-electron chi connectivity index (χ2n) is 4.82. The number of piperidine rings is 1. The molecule has 2 atom stereocenters. The number of carbonyl (C=O) groups is 1. The van der Waals surface area contributed by atoms with Gasteiger partial charge in [-0.05, 0) is 18.6 Å². The minimum absolute atomic E-state index is 0.0149. The summed E-state index contributed by atoms with van der Waals surface area (Å²) in [4.78, 5) is 12.3. The molecule has 0 bridgehead atoms. The summed E-state index contributed by atoms with van der Waals surface area (Å²) >= 11 is 6.12. The SMILES string of the molecule is N#Cc1cc(N)c(Cl)c(N2CC[C@H](NC(=O)O)[C@@H](F)C2)c1. The zero-order valence-electron chi connectivity index (χ0n) is 11.0. The van der Waals surface area contributed by atoms with Crippen LogP contribution >= 0.6 is 11.6 Å². The highest BCUT2D eigenvalue weighted by molar-refractivity contribution is 6.35. The molecule has 0 radical (unpaired) electrons. The minimum atomic E-state index is -1.36. The van der Waals surface area contributed by atoms with Gasteiger partial charge in [0, 0.05) is 6.54 Å². The number of nitrogens with two attached hydrogens (primary N) is 1. The van der Waals surface area contributed by atoms with E-state index in [9.17, 15) is 9.18 Å². The number of nitriles is 1. The summed E-state index contributed by atoms with van der Waals surface area (Å²) < 4.78 is 14.1. The van der Waals surface area contributed by atoms with Gasteiger partial charge in [0.1, 0.15) is 6.17 Å². The molecule has 1 aliphatic rings. The van der Waals surface area contributed by atoms with Crippen molar-refractivity contribution in [2.75, 3.05) is 23.7 Å². The van der Waals surface area contributed by atoms with Gasteiger partial charge < -0.3 is 21.1 Å². The maximum Gasteiger partial charge on any atom is 0.404 e. The van der Waals surface area contributed by atoms with Gasteiger partial charge in [-0.25, -0.2) is 9.18 Å². The molecule has 112 valence electrons. The largest absolute Gasteiger partial charge is 0.465 e. The zero-order valence-corrected chi connectivity index (χ0v) is 11.8. The van der Waals surface area contributed by atoms with Crippen LogP contribution in [0, 0.1) is 11.3 Å². The Morgan fingerprint density at radius 3 is 2.90 bits per heavy atom. The molecule has 0 aliphatic carbocycles. The Morgan fingerprint density at radius 1 is 1.62 bits per heavy atom. The second kappa shape index (κ2) is 6.06. The summed E-state index contributed by atoms with van der Waals surface area (Å²) in [5, 5.41) is 20.0. The van der Waals surface area contributed by atoms with E-state index in [1.165, 1.54) is 6.07 Å². The Balaban J connectivity index is 2.20. The van der Waals surface area contributed by atoms with Gasteiger partial charge in [0.05, 0.1) is 40.6 Å². The van der Waals surface area contributed by atoms with E-state index in [0.29, 0.717) is 24.2 Å².